The fraction of sp³-hybridized carbons (Fsp3) is 0. The van der Waals surface area contributed by atoms with Crippen LogP contribution in [0, 0.1) is 0 Å². The van der Waals surface area contributed by atoms with Crippen molar-refractivity contribution < 1.29 is 0 Å². The van der Waals surface area contributed by atoms with E-state index in [2.05, 4.69) is 197 Å². The fourth-order valence-corrected chi connectivity index (χ4v) is 9.05. The van der Waals surface area contributed by atoms with Crippen molar-refractivity contribution >= 4 is 65.2 Å². The molecule has 12 rings (SSSR count). The average molecular weight is 739 g/mol. The lowest BCUT2D eigenvalue weighted by molar-refractivity contribution is 1.17. The Hall–Kier alpha value is -7.82. The Morgan fingerprint density at radius 2 is 0.966 bits per heavy atom. The maximum absolute atomic E-state index is 5.18. The van der Waals surface area contributed by atoms with Gasteiger partial charge in [-0.15, -0.1) is 0 Å². The van der Waals surface area contributed by atoms with Gasteiger partial charge in [0.25, 0.3) is 0 Å². The van der Waals surface area contributed by atoms with Crippen LogP contribution in [0.1, 0.15) is 0 Å². The molecule has 0 aliphatic heterocycles. The van der Waals surface area contributed by atoms with Crippen molar-refractivity contribution in [3.63, 3.8) is 0 Å². The summed E-state index contributed by atoms with van der Waals surface area (Å²) in [6.07, 6.45) is 0. The van der Waals surface area contributed by atoms with Gasteiger partial charge in [0.15, 0.2) is 5.82 Å². The van der Waals surface area contributed by atoms with Gasteiger partial charge in [-0.1, -0.05) is 158 Å². The first-order valence-corrected chi connectivity index (χ1v) is 19.7. The molecule has 4 nitrogen and oxygen atoms in total. The lowest BCUT2D eigenvalue weighted by Crippen LogP contribution is -1.97. The number of benzene rings is 9. The third-order valence-electron chi connectivity index (χ3n) is 11.7. The van der Waals surface area contributed by atoms with Gasteiger partial charge in [-0.3, -0.25) is 0 Å². The first-order chi connectivity index (χ1) is 28.8. The highest BCUT2D eigenvalue weighted by Crippen LogP contribution is 2.42. The molecule has 0 amide bonds. The molecule has 0 bridgehead atoms. The average Bonchev–Trinajstić information content (AvgIpc) is 3.82. The van der Waals surface area contributed by atoms with Gasteiger partial charge in [-0.25, -0.2) is 9.97 Å². The summed E-state index contributed by atoms with van der Waals surface area (Å²) in [6.45, 7) is 0. The molecular weight excluding hydrogens is 705 g/mol. The third-order valence-corrected chi connectivity index (χ3v) is 11.7. The van der Waals surface area contributed by atoms with Crippen LogP contribution < -0.4 is 0 Å². The van der Waals surface area contributed by atoms with Crippen molar-refractivity contribution in [2.75, 3.05) is 0 Å². The van der Waals surface area contributed by atoms with Crippen molar-refractivity contribution in [1.82, 2.24) is 19.1 Å². The molecule has 58 heavy (non-hydrogen) atoms. The topological polar surface area (TPSA) is 35.6 Å². The minimum Gasteiger partial charge on any atom is -0.309 e. The predicted molar refractivity (Wildman–Crippen MR) is 242 cm³/mol. The van der Waals surface area contributed by atoms with E-state index in [1.807, 2.05) is 18.2 Å². The second kappa shape index (κ2) is 12.9. The van der Waals surface area contributed by atoms with Crippen molar-refractivity contribution in [1.29, 1.82) is 0 Å². The molecule has 3 aromatic heterocycles. The third kappa shape index (κ3) is 5.02. The molecule has 0 unspecified atom stereocenters. The van der Waals surface area contributed by atoms with Crippen LogP contribution in [0.5, 0.6) is 0 Å². The first-order valence-electron chi connectivity index (χ1n) is 19.7. The Bertz CT molecular complexity index is 3550. The summed E-state index contributed by atoms with van der Waals surface area (Å²) in [5, 5.41) is 9.75. The summed E-state index contributed by atoms with van der Waals surface area (Å²) < 4.78 is 4.87. The molecule has 0 saturated carbocycles. The van der Waals surface area contributed by atoms with Crippen molar-refractivity contribution in [3.8, 4) is 45.3 Å². The molecule has 4 heteroatoms. The van der Waals surface area contributed by atoms with Crippen molar-refractivity contribution in [3.05, 3.63) is 206 Å². The van der Waals surface area contributed by atoms with Crippen LogP contribution in [0.25, 0.3) is 110 Å². The van der Waals surface area contributed by atoms with E-state index in [9.17, 15) is 0 Å². The molecule has 0 radical (unpaired) electrons. The number of nitrogens with zero attached hydrogens (tertiary/aromatic N) is 4. The first kappa shape index (κ1) is 32.4. The van der Waals surface area contributed by atoms with Crippen molar-refractivity contribution in [2.45, 2.75) is 0 Å². The summed E-state index contributed by atoms with van der Waals surface area (Å²) in [4.78, 5) is 10.3. The number of hydrogen-bond acceptors (Lipinski definition) is 2. The minimum atomic E-state index is 0.706. The van der Waals surface area contributed by atoms with Gasteiger partial charge in [-0.2, -0.15) is 0 Å². The van der Waals surface area contributed by atoms with Gasteiger partial charge in [0.1, 0.15) is 0 Å². The Morgan fingerprint density at radius 1 is 0.328 bits per heavy atom. The Balaban J connectivity index is 1.07. The van der Waals surface area contributed by atoms with Gasteiger partial charge in [0.05, 0.1) is 33.5 Å². The highest BCUT2D eigenvalue weighted by molar-refractivity contribution is 6.26. The van der Waals surface area contributed by atoms with Crippen LogP contribution in [0.4, 0.5) is 0 Å². The minimum absolute atomic E-state index is 0.706. The van der Waals surface area contributed by atoms with Gasteiger partial charge in [0, 0.05) is 49.6 Å². The second-order valence-electron chi connectivity index (χ2n) is 15.0. The van der Waals surface area contributed by atoms with Crippen LogP contribution >= 0.6 is 0 Å². The SMILES string of the molecule is c1ccc(-c2nc(-c3ccc(-n4c5ccccc5c5ccc6c(c7ccccc7n6-c6ccc7ccccc7c6)c54)cc3)cc(-c3cccc4ccccc34)n2)cc1. The standard InChI is InChI=1S/C54H34N4/c1-2-15-38(16-3-1)54-55-47(34-48(56-54)43-22-12-18-36-14-6-7-19-42(36)43)37-26-28-40(29-27-37)58-49-23-10-8-20-44(49)45-31-32-51-52(53(45)58)46-21-9-11-24-50(46)57(51)41-30-25-35-13-4-5-17-39(35)33-41/h1-34H. The second-order valence-corrected chi connectivity index (χ2v) is 15.0. The molecule has 12 aromatic rings. The summed E-state index contributed by atoms with van der Waals surface area (Å²) >= 11 is 0. The Morgan fingerprint density at radius 3 is 1.79 bits per heavy atom. The molecule has 9 aromatic carbocycles. The molecule has 0 spiro atoms. The van der Waals surface area contributed by atoms with Gasteiger partial charge in [-0.05, 0) is 70.1 Å². The highest BCUT2D eigenvalue weighted by Gasteiger charge is 2.21. The van der Waals surface area contributed by atoms with Crippen LogP contribution in [0.3, 0.4) is 0 Å². The van der Waals surface area contributed by atoms with E-state index < -0.39 is 0 Å². The number of aromatic nitrogens is 4. The maximum atomic E-state index is 5.18. The van der Waals surface area contributed by atoms with E-state index in [0.717, 1.165) is 39.5 Å². The van der Waals surface area contributed by atoms with Crippen molar-refractivity contribution in [2.24, 2.45) is 0 Å². The number of rotatable bonds is 5. The zero-order chi connectivity index (χ0) is 38.2. The van der Waals surface area contributed by atoms with Crippen LogP contribution in [-0.4, -0.2) is 19.1 Å². The molecule has 3 heterocycles. The smallest absolute Gasteiger partial charge is 0.160 e. The Kier molecular flexibility index (Phi) is 7.20. The Labute approximate surface area is 334 Å². The summed E-state index contributed by atoms with van der Waals surface area (Å²) in [7, 11) is 0. The molecular formula is C54H34N4. The van der Waals surface area contributed by atoms with E-state index in [4.69, 9.17) is 9.97 Å². The van der Waals surface area contributed by atoms with E-state index in [0.29, 0.717) is 5.82 Å². The summed E-state index contributed by atoms with van der Waals surface area (Å²) in [5.41, 5.74) is 11.9. The number of fused-ring (bicyclic) bond motifs is 9. The molecule has 0 saturated heterocycles. The summed E-state index contributed by atoms with van der Waals surface area (Å²) in [6, 6.07) is 73.8. The largest absolute Gasteiger partial charge is 0.309 e. The monoisotopic (exact) mass is 738 g/mol. The molecule has 0 fully saturated rings. The van der Waals surface area contributed by atoms with Gasteiger partial charge >= 0.3 is 0 Å². The van der Waals surface area contributed by atoms with Gasteiger partial charge in [0.2, 0.25) is 0 Å². The quantitative estimate of drug-likeness (QED) is 0.176. The molecule has 0 aliphatic rings. The van der Waals surface area contributed by atoms with E-state index >= 15 is 0 Å². The molecule has 0 aliphatic carbocycles. The van der Waals surface area contributed by atoms with Gasteiger partial charge < -0.3 is 9.13 Å². The molecule has 270 valence electrons. The number of para-hydroxylation sites is 2. The molecule has 0 N–H and O–H groups in total. The van der Waals surface area contributed by atoms with Crippen LogP contribution in [0.2, 0.25) is 0 Å². The maximum Gasteiger partial charge on any atom is 0.160 e. The lowest BCUT2D eigenvalue weighted by Gasteiger charge is -2.13. The number of hydrogen-bond donors (Lipinski definition) is 0. The highest BCUT2D eigenvalue weighted by atomic mass is 15.0. The zero-order valence-corrected chi connectivity index (χ0v) is 31.4. The normalized spacial score (nSPS) is 11.8. The van der Waals surface area contributed by atoms with E-state index in [-0.39, 0.29) is 0 Å². The lowest BCUT2D eigenvalue weighted by atomic mass is 10.0. The predicted octanol–water partition coefficient (Wildman–Crippen LogP) is 14.0. The van der Waals surface area contributed by atoms with Crippen LogP contribution in [0.15, 0.2) is 206 Å². The van der Waals surface area contributed by atoms with E-state index in [1.54, 1.807) is 0 Å². The zero-order valence-electron chi connectivity index (χ0n) is 31.4. The molecule has 0 atom stereocenters. The van der Waals surface area contributed by atoms with E-state index in [1.165, 1.54) is 65.2 Å². The van der Waals surface area contributed by atoms with Crippen LogP contribution in [-0.2, 0) is 0 Å². The summed E-state index contributed by atoms with van der Waals surface area (Å²) in [5.74, 6) is 0.706. The fourth-order valence-electron chi connectivity index (χ4n) is 9.05.